The SMILES string of the molecule is CN=C(NCC1(N(C)C)CCCC(C)C1)NC1CCN(C(C)C)CC1.I. The Kier molecular flexibility index (Phi) is 10.2. The van der Waals surface area contributed by atoms with Gasteiger partial charge in [-0.2, -0.15) is 0 Å². The molecule has 2 aliphatic rings. The lowest BCUT2D eigenvalue weighted by Gasteiger charge is -2.45. The van der Waals surface area contributed by atoms with Gasteiger partial charge in [-0.1, -0.05) is 19.8 Å². The summed E-state index contributed by atoms with van der Waals surface area (Å²) in [6.07, 6.45) is 7.67. The number of guanidine groups is 1. The zero-order valence-electron chi connectivity index (χ0n) is 17.8. The summed E-state index contributed by atoms with van der Waals surface area (Å²) in [4.78, 5) is 9.50. The molecule has 1 saturated carbocycles. The molecule has 2 atom stereocenters. The molecule has 0 bridgehead atoms. The highest BCUT2D eigenvalue weighted by Crippen LogP contribution is 2.35. The van der Waals surface area contributed by atoms with Gasteiger partial charge in [0.2, 0.25) is 0 Å². The summed E-state index contributed by atoms with van der Waals surface area (Å²) in [5.74, 6) is 1.79. The molecule has 5 nitrogen and oxygen atoms in total. The third-order valence-electron chi connectivity index (χ3n) is 6.43. The third kappa shape index (κ3) is 6.51. The van der Waals surface area contributed by atoms with E-state index < -0.39 is 0 Å². The average Bonchev–Trinajstić information content (AvgIpc) is 2.58. The highest BCUT2D eigenvalue weighted by molar-refractivity contribution is 14.0. The number of nitrogens with zero attached hydrogens (tertiary/aromatic N) is 3. The minimum Gasteiger partial charge on any atom is -0.355 e. The number of hydrogen-bond acceptors (Lipinski definition) is 3. The first kappa shape index (κ1) is 24.0. The van der Waals surface area contributed by atoms with Crippen molar-refractivity contribution >= 4 is 29.9 Å². The largest absolute Gasteiger partial charge is 0.355 e. The standard InChI is InChI=1S/C20H41N5.HI/c1-16(2)25-12-9-18(10-13-25)23-19(21-4)22-15-20(24(5)6)11-7-8-17(3)14-20;/h16-18H,7-15H2,1-6H3,(H2,21,22,23);1H. The fraction of sp³-hybridized carbons (Fsp3) is 0.950. The van der Waals surface area contributed by atoms with Gasteiger partial charge in [0.15, 0.2) is 5.96 Å². The summed E-state index contributed by atoms with van der Waals surface area (Å²) in [6.45, 7) is 10.3. The van der Waals surface area contributed by atoms with Crippen LogP contribution in [0.4, 0.5) is 0 Å². The molecule has 2 unspecified atom stereocenters. The molecule has 6 heteroatoms. The van der Waals surface area contributed by atoms with E-state index in [4.69, 9.17) is 0 Å². The number of hydrogen-bond donors (Lipinski definition) is 2. The van der Waals surface area contributed by atoms with Crippen molar-refractivity contribution in [1.82, 2.24) is 20.4 Å². The van der Waals surface area contributed by atoms with Crippen LogP contribution in [0.3, 0.4) is 0 Å². The van der Waals surface area contributed by atoms with Gasteiger partial charge in [0.25, 0.3) is 0 Å². The zero-order valence-corrected chi connectivity index (χ0v) is 20.2. The number of likely N-dealkylation sites (tertiary alicyclic amines) is 1. The molecule has 0 amide bonds. The molecule has 1 saturated heterocycles. The van der Waals surface area contributed by atoms with Gasteiger partial charge in [0.05, 0.1) is 0 Å². The van der Waals surface area contributed by atoms with Crippen LogP contribution in [0.2, 0.25) is 0 Å². The minimum atomic E-state index is 0. The van der Waals surface area contributed by atoms with Gasteiger partial charge in [-0.05, 0) is 59.5 Å². The van der Waals surface area contributed by atoms with Crippen LogP contribution in [-0.4, -0.2) is 74.2 Å². The van der Waals surface area contributed by atoms with E-state index >= 15 is 0 Å². The lowest BCUT2D eigenvalue weighted by atomic mass is 9.75. The first-order valence-corrected chi connectivity index (χ1v) is 10.2. The summed E-state index contributed by atoms with van der Waals surface area (Å²) < 4.78 is 0. The van der Waals surface area contributed by atoms with Crippen molar-refractivity contribution in [2.75, 3.05) is 40.8 Å². The molecule has 0 spiro atoms. The van der Waals surface area contributed by atoms with Gasteiger partial charge < -0.3 is 20.4 Å². The van der Waals surface area contributed by atoms with Gasteiger partial charge in [0.1, 0.15) is 0 Å². The van der Waals surface area contributed by atoms with E-state index in [-0.39, 0.29) is 29.5 Å². The monoisotopic (exact) mass is 479 g/mol. The van der Waals surface area contributed by atoms with Crippen molar-refractivity contribution in [2.24, 2.45) is 10.9 Å². The Morgan fingerprint density at radius 1 is 1.23 bits per heavy atom. The number of aliphatic imine (C=N–C) groups is 1. The first-order chi connectivity index (χ1) is 11.9. The van der Waals surface area contributed by atoms with Crippen LogP contribution in [-0.2, 0) is 0 Å². The van der Waals surface area contributed by atoms with E-state index in [2.05, 4.69) is 60.3 Å². The average molecular weight is 479 g/mol. The normalized spacial score (nSPS) is 28.9. The fourth-order valence-corrected chi connectivity index (χ4v) is 4.55. The highest BCUT2D eigenvalue weighted by Gasteiger charge is 2.37. The third-order valence-corrected chi connectivity index (χ3v) is 6.43. The Hall–Kier alpha value is -0.0800. The first-order valence-electron chi connectivity index (χ1n) is 10.2. The molecule has 2 rings (SSSR count). The molecular weight excluding hydrogens is 437 g/mol. The molecule has 2 N–H and O–H groups in total. The van der Waals surface area contributed by atoms with Crippen molar-refractivity contribution in [3.8, 4) is 0 Å². The van der Waals surface area contributed by atoms with Crippen LogP contribution in [0.15, 0.2) is 4.99 Å². The Bertz CT molecular complexity index is 432. The second-order valence-corrected chi connectivity index (χ2v) is 8.79. The van der Waals surface area contributed by atoms with Crippen LogP contribution in [0.5, 0.6) is 0 Å². The Morgan fingerprint density at radius 3 is 2.38 bits per heavy atom. The number of likely N-dealkylation sites (N-methyl/N-ethyl adjacent to an activating group) is 1. The predicted octanol–water partition coefficient (Wildman–Crippen LogP) is 3.15. The summed E-state index contributed by atoms with van der Waals surface area (Å²) in [7, 11) is 6.36. The summed E-state index contributed by atoms with van der Waals surface area (Å²) in [5.41, 5.74) is 0.260. The molecule has 2 fully saturated rings. The highest BCUT2D eigenvalue weighted by atomic mass is 127. The van der Waals surface area contributed by atoms with E-state index in [0.29, 0.717) is 12.1 Å². The van der Waals surface area contributed by atoms with E-state index in [1.807, 2.05) is 7.05 Å². The Morgan fingerprint density at radius 2 is 1.88 bits per heavy atom. The number of rotatable bonds is 5. The summed E-state index contributed by atoms with van der Waals surface area (Å²) in [5, 5.41) is 7.31. The summed E-state index contributed by atoms with van der Waals surface area (Å²) >= 11 is 0. The number of nitrogens with one attached hydrogen (secondary N) is 2. The molecule has 0 aromatic carbocycles. The van der Waals surface area contributed by atoms with Gasteiger partial charge >= 0.3 is 0 Å². The van der Waals surface area contributed by atoms with Crippen molar-refractivity contribution in [1.29, 1.82) is 0 Å². The van der Waals surface area contributed by atoms with Gasteiger partial charge in [0, 0.05) is 44.3 Å². The lowest BCUT2D eigenvalue weighted by Crippen LogP contribution is -2.57. The molecule has 0 aromatic heterocycles. The summed E-state index contributed by atoms with van der Waals surface area (Å²) in [6, 6.07) is 1.20. The second kappa shape index (κ2) is 11.1. The predicted molar refractivity (Wildman–Crippen MR) is 124 cm³/mol. The Labute approximate surface area is 178 Å². The maximum Gasteiger partial charge on any atom is 0.191 e. The molecule has 26 heavy (non-hydrogen) atoms. The van der Waals surface area contributed by atoms with Crippen molar-refractivity contribution in [3.05, 3.63) is 0 Å². The molecule has 1 aliphatic heterocycles. The zero-order chi connectivity index (χ0) is 18.4. The minimum absolute atomic E-state index is 0. The topological polar surface area (TPSA) is 42.9 Å². The smallest absolute Gasteiger partial charge is 0.191 e. The molecule has 0 radical (unpaired) electrons. The van der Waals surface area contributed by atoms with Gasteiger partial charge in [-0.15, -0.1) is 24.0 Å². The van der Waals surface area contributed by atoms with Crippen LogP contribution in [0.1, 0.15) is 59.3 Å². The van der Waals surface area contributed by atoms with Crippen LogP contribution in [0, 0.1) is 5.92 Å². The maximum absolute atomic E-state index is 4.49. The molecule has 1 aliphatic carbocycles. The van der Waals surface area contributed by atoms with Crippen LogP contribution >= 0.6 is 24.0 Å². The molecule has 1 heterocycles. The van der Waals surface area contributed by atoms with E-state index in [1.165, 1.54) is 51.6 Å². The molecule has 154 valence electrons. The van der Waals surface area contributed by atoms with Crippen LogP contribution in [0.25, 0.3) is 0 Å². The lowest BCUT2D eigenvalue weighted by molar-refractivity contribution is 0.0794. The quantitative estimate of drug-likeness (QED) is 0.361. The molecule has 0 aromatic rings. The van der Waals surface area contributed by atoms with Crippen LogP contribution < -0.4 is 10.6 Å². The van der Waals surface area contributed by atoms with Gasteiger partial charge in [-0.25, -0.2) is 0 Å². The number of halogens is 1. The maximum atomic E-state index is 4.49. The van der Waals surface area contributed by atoms with E-state index in [0.717, 1.165) is 18.4 Å². The van der Waals surface area contributed by atoms with Crippen molar-refractivity contribution < 1.29 is 0 Å². The van der Waals surface area contributed by atoms with Gasteiger partial charge in [-0.3, -0.25) is 4.99 Å². The second-order valence-electron chi connectivity index (χ2n) is 8.79. The van der Waals surface area contributed by atoms with Crippen molar-refractivity contribution in [3.63, 3.8) is 0 Å². The fourth-order valence-electron chi connectivity index (χ4n) is 4.55. The number of piperidine rings is 1. The van der Waals surface area contributed by atoms with E-state index in [1.54, 1.807) is 0 Å². The van der Waals surface area contributed by atoms with E-state index in [9.17, 15) is 0 Å². The molecular formula is C20H42IN5. The van der Waals surface area contributed by atoms with Crippen molar-refractivity contribution in [2.45, 2.75) is 76.9 Å². The Balaban J connectivity index is 0.00000338.